The van der Waals surface area contributed by atoms with Crippen LogP contribution in [0.2, 0.25) is 0 Å². The summed E-state index contributed by atoms with van der Waals surface area (Å²) in [5, 5.41) is 10.5. The summed E-state index contributed by atoms with van der Waals surface area (Å²) in [7, 11) is -4.35. The Morgan fingerprint density at radius 1 is 0.957 bits per heavy atom. The summed E-state index contributed by atoms with van der Waals surface area (Å²) in [4.78, 5) is 9.35. The van der Waals surface area contributed by atoms with Gasteiger partial charge in [-0.25, -0.2) is 0 Å². The lowest BCUT2D eigenvalue weighted by atomic mass is 10.2. The second-order valence-corrected chi connectivity index (χ2v) is 5.86. The van der Waals surface area contributed by atoms with Crippen LogP contribution in [-0.4, -0.2) is 13.3 Å². The Kier molecular flexibility index (Phi) is 4.28. The Labute approximate surface area is 128 Å². The molecule has 0 radical (unpaired) electrons. The van der Waals surface area contributed by atoms with Gasteiger partial charge >= 0.3 is 16.3 Å². The fourth-order valence-corrected chi connectivity index (χ4v) is 2.54. The highest BCUT2D eigenvalue weighted by molar-refractivity contribution is 7.87. The summed E-state index contributed by atoms with van der Waals surface area (Å²) in [5.74, 6) is -0.199. The van der Waals surface area contributed by atoms with Crippen molar-refractivity contribution in [2.24, 2.45) is 0 Å². The van der Waals surface area contributed by atoms with Gasteiger partial charge in [0.25, 0.3) is 5.69 Å². The molecule has 0 heterocycles. The average Bonchev–Trinajstić information content (AvgIpc) is 2.46. The molecule has 0 amide bonds. The van der Waals surface area contributed by atoms with Gasteiger partial charge in [-0.1, -0.05) is 0 Å². The zero-order chi connectivity index (χ0) is 17.3. The second-order valence-electron chi connectivity index (χ2n) is 4.31. The second kappa shape index (κ2) is 5.88. The van der Waals surface area contributed by atoms with E-state index in [1.165, 1.54) is 0 Å². The number of hydrogen-bond donors (Lipinski definition) is 0. The van der Waals surface area contributed by atoms with Crippen LogP contribution in [0.5, 0.6) is 5.75 Å². The maximum atomic E-state index is 12.4. The Hall–Kier alpha value is -2.62. The Balaban J connectivity index is 2.23. The molecule has 0 N–H and O–H groups in total. The molecule has 10 heteroatoms. The maximum Gasteiger partial charge on any atom is 0.416 e. The van der Waals surface area contributed by atoms with E-state index in [9.17, 15) is 31.7 Å². The third-order valence-electron chi connectivity index (χ3n) is 2.72. The molecule has 0 saturated heterocycles. The van der Waals surface area contributed by atoms with Gasteiger partial charge in [0.15, 0.2) is 0 Å². The number of halogens is 3. The first-order chi connectivity index (χ1) is 10.6. The number of nitro groups is 1. The summed E-state index contributed by atoms with van der Waals surface area (Å²) < 4.78 is 65.9. The van der Waals surface area contributed by atoms with Gasteiger partial charge in [0.05, 0.1) is 10.5 Å². The Bertz CT molecular complexity index is 814. The molecule has 0 spiro atoms. The van der Waals surface area contributed by atoms with Crippen LogP contribution in [0.1, 0.15) is 5.56 Å². The molecule has 2 rings (SSSR count). The molecule has 0 aliphatic rings. The number of alkyl halides is 3. The van der Waals surface area contributed by atoms with Crippen LogP contribution in [-0.2, 0) is 16.3 Å². The highest BCUT2D eigenvalue weighted by atomic mass is 32.2. The van der Waals surface area contributed by atoms with Crippen LogP contribution < -0.4 is 4.18 Å². The van der Waals surface area contributed by atoms with Crippen molar-refractivity contribution in [2.75, 3.05) is 0 Å². The lowest BCUT2D eigenvalue weighted by molar-refractivity contribution is -0.384. The van der Waals surface area contributed by atoms with Gasteiger partial charge in [-0.2, -0.15) is 21.6 Å². The van der Waals surface area contributed by atoms with Crippen LogP contribution in [0.4, 0.5) is 18.9 Å². The van der Waals surface area contributed by atoms with Crippen molar-refractivity contribution < 1.29 is 30.7 Å². The predicted molar refractivity (Wildman–Crippen MR) is 72.4 cm³/mol. The van der Waals surface area contributed by atoms with Crippen LogP contribution in [0.15, 0.2) is 53.4 Å². The monoisotopic (exact) mass is 347 g/mol. The number of non-ortho nitro benzene ring substituents is 1. The molecule has 0 aliphatic heterocycles. The van der Waals surface area contributed by atoms with Crippen LogP contribution in [0.3, 0.4) is 0 Å². The maximum absolute atomic E-state index is 12.4. The van der Waals surface area contributed by atoms with Gasteiger partial charge in [0, 0.05) is 12.1 Å². The highest BCUT2D eigenvalue weighted by Gasteiger charge is 2.30. The first-order valence-electron chi connectivity index (χ1n) is 5.96. The predicted octanol–water partition coefficient (Wildman–Crippen LogP) is 3.38. The van der Waals surface area contributed by atoms with Crippen molar-refractivity contribution >= 4 is 15.8 Å². The van der Waals surface area contributed by atoms with Crippen molar-refractivity contribution in [1.82, 2.24) is 0 Å². The van der Waals surface area contributed by atoms with Gasteiger partial charge in [-0.3, -0.25) is 10.1 Å². The van der Waals surface area contributed by atoms with E-state index in [0.29, 0.717) is 12.1 Å². The number of benzene rings is 2. The van der Waals surface area contributed by atoms with Crippen molar-refractivity contribution in [3.05, 3.63) is 64.2 Å². The molecular weight excluding hydrogens is 339 g/mol. The molecule has 2 aromatic carbocycles. The average molecular weight is 347 g/mol. The van der Waals surface area contributed by atoms with Crippen LogP contribution in [0.25, 0.3) is 0 Å². The van der Waals surface area contributed by atoms with Gasteiger partial charge in [-0.15, -0.1) is 0 Å². The lowest BCUT2D eigenvalue weighted by Crippen LogP contribution is -2.11. The highest BCUT2D eigenvalue weighted by Crippen LogP contribution is 2.30. The molecular formula is C13H8F3NO5S. The van der Waals surface area contributed by atoms with Gasteiger partial charge in [0.2, 0.25) is 0 Å². The first kappa shape index (κ1) is 16.7. The normalized spacial score (nSPS) is 12.0. The van der Waals surface area contributed by atoms with E-state index >= 15 is 0 Å². The van der Waals surface area contributed by atoms with Crippen LogP contribution >= 0.6 is 0 Å². The fraction of sp³-hybridized carbons (Fsp3) is 0.0769. The van der Waals surface area contributed by atoms with E-state index in [1.54, 1.807) is 0 Å². The van der Waals surface area contributed by atoms with Gasteiger partial charge in [-0.05, 0) is 36.4 Å². The Morgan fingerprint density at radius 2 is 1.48 bits per heavy atom. The van der Waals surface area contributed by atoms with E-state index in [0.717, 1.165) is 36.4 Å². The number of rotatable bonds is 4. The summed E-state index contributed by atoms with van der Waals surface area (Å²) in [6, 6.07) is 6.99. The van der Waals surface area contributed by atoms with E-state index in [-0.39, 0.29) is 11.4 Å². The first-order valence-corrected chi connectivity index (χ1v) is 7.36. The van der Waals surface area contributed by atoms with Crippen molar-refractivity contribution in [3.63, 3.8) is 0 Å². The summed E-state index contributed by atoms with van der Waals surface area (Å²) in [6.07, 6.45) is -4.58. The van der Waals surface area contributed by atoms with Crippen molar-refractivity contribution in [3.8, 4) is 5.75 Å². The molecule has 23 heavy (non-hydrogen) atoms. The number of nitrogens with zero attached hydrogens (tertiary/aromatic N) is 1. The summed E-state index contributed by atoms with van der Waals surface area (Å²) in [5.41, 5.74) is -1.25. The fourth-order valence-electron chi connectivity index (χ4n) is 1.61. The molecule has 2 aromatic rings. The molecule has 0 aliphatic carbocycles. The van der Waals surface area contributed by atoms with E-state index in [4.69, 9.17) is 4.18 Å². The standard InChI is InChI=1S/C13H8F3NO5S/c14-13(15,16)9-1-7-12(8-2-9)23(20,21)22-11-5-3-10(4-6-11)17(18)19/h1-8H. The molecule has 6 nitrogen and oxygen atoms in total. The third-order valence-corrected chi connectivity index (χ3v) is 3.99. The molecule has 0 unspecified atom stereocenters. The molecule has 0 saturated carbocycles. The van der Waals surface area contributed by atoms with Crippen molar-refractivity contribution in [2.45, 2.75) is 11.1 Å². The zero-order valence-corrected chi connectivity index (χ0v) is 12.0. The topological polar surface area (TPSA) is 86.5 Å². The summed E-state index contributed by atoms with van der Waals surface area (Å²) in [6.45, 7) is 0. The van der Waals surface area contributed by atoms with E-state index < -0.39 is 31.7 Å². The third kappa shape index (κ3) is 3.97. The van der Waals surface area contributed by atoms with Gasteiger partial charge in [0.1, 0.15) is 10.6 Å². The summed E-state index contributed by atoms with van der Waals surface area (Å²) >= 11 is 0. The Morgan fingerprint density at radius 3 is 1.91 bits per heavy atom. The largest absolute Gasteiger partial charge is 0.416 e. The molecule has 0 bridgehead atoms. The zero-order valence-electron chi connectivity index (χ0n) is 11.1. The SMILES string of the molecule is O=[N+]([O-])c1ccc(OS(=O)(=O)c2ccc(C(F)(F)F)cc2)cc1. The number of nitro benzene ring substituents is 1. The molecule has 0 atom stereocenters. The quantitative estimate of drug-likeness (QED) is 0.481. The van der Waals surface area contributed by atoms with Crippen molar-refractivity contribution in [1.29, 1.82) is 0 Å². The molecule has 0 fully saturated rings. The minimum Gasteiger partial charge on any atom is -0.379 e. The van der Waals surface area contributed by atoms with Gasteiger partial charge < -0.3 is 4.18 Å². The lowest BCUT2D eigenvalue weighted by Gasteiger charge is -2.09. The minimum atomic E-state index is -4.58. The van der Waals surface area contributed by atoms with E-state index in [1.807, 2.05) is 0 Å². The molecule has 0 aromatic heterocycles. The number of hydrogen-bond acceptors (Lipinski definition) is 5. The molecule has 122 valence electrons. The van der Waals surface area contributed by atoms with Crippen LogP contribution in [0, 0.1) is 10.1 Å². The minimum absolute atomic E-state index is 0.199. The smallest absolute Gasteiger partial charge is 0.379 e. The van der Waals surface area contributed by atoms with E-state index in [2.05, 4.69) is 0 Å².